The number of nitrogens with zero attached hydrogens (tertiary/aromatic N) is 2. The number of aliphatic hydroxyl groups is 1. The van der Waals surface area contributed by atoms with E-state index in [0.717, 1.165) is 18.7 Å². The van der Waals surface area contributed by atoms with Gasteiger partial charge in [0, 0.05) is 19.0 Å². The summed E-state index contributed by atoms with van der Waals surface area (Å²) in [5, 5.41) is 15.1. The zero-order chi connectivity index (χ0) is 22.9. The number of hydrogen-bond donors (Lipinski definition) is 1. The van der Waals surface area contributed by atoms with E-state index in [0.29, 0.717) is 42.4 Å². The second kappa shape index (κ2) is 11.9. The average molecular weight is 457 g/mol. The van der Waals surface area contributed by atoms with E-state index >= 15 is 0 Å². The molecule has 31 heavy (non-hydrogen) atoms. The van der Waals surface area contributed by atoms with E-state index in [1.54, 1.807) is 6.08 Å². The van der Waals surface area contributed by atoms with Gasteiger partial charge in [0.1, 0.15) is 12.4 Å². The van der Waals surface area contributed by atoms with Crippen LogP contribution in [0.3, 0.4) is 0 Å². The maximum absolute atomic E-state index is 12.7. The number of alkyl halides is 3. The highest BCUT2D eigenvalue weighted by molar-refractivity contribution is 7.99. The molecule has 0 saturated heterocycles. The first-order chi connectivity index (χ1) is 14.8. The molecule has 1 aromatic rings. The van der Waals surface area contributed by atoms with Crippen molar-refractivity contribution in [1.29, 1.82) is 0 Å². The molecule has 9 heteroatoms. The van der Waals surface area contributed by atoms with Gasteiger partial charge in [0.05, 0.1) is 21.9 Å². The highest BCUT2D eigenvalue weighted by atomic mass is 32.2. The molecule has 0 bridgehead atoms. The van der Waals surface area contributed by atoms with Crippen molar-refractivity contribution in [2.45, 2.75) is 57.2 Å². The average Bonchev–Trinajstić information content (AvgIpc) is 2.70. The molecule has 1 N–H and O–H groups in total. The summed E-state index contributed by atoms with van der Waals surface area (Å²) in [7, 11) is 0. The van der Waals surface area contributed by atoms with Crippen molar-refractivity contribution in [2.24, 2.45) is 11.1 Å². The smallest absolute Gasteiger partial charge is 0.417 e. The predicted molar refractivity (Wildman–Crippen MR) is 115 cm³/mol. The van der Waals surface area contributed by atoms with E-state index in [-0.39, 0.29) is 29.5 Å². The van der Waals surface area contributed by atoms with Crippen molar-refractivity contribution < 1.29 is 27.9 Å². The Morgan fingerprint density at radius 2 is 2.16 bits per heavy atom. The molecule has 0 aromatic carbocycles. The van der Waals surface area contributed by atoms with Gasteiger partial charge >= 0.3 is 6.18 Å². The number of oxime groups is 1. The van der Waals surface area contributed by atoms with Crippen molar-refractivity contribution in [3.8, 4) is 0 Å². The number of carbonyl (C=O) groups excluding carboxylic acids is 1. The molecule has 170 valence electrons. The fourth-order valence-corrected chi connectivity index (χ4v) is 4.13. The lowest BCUT2D eigenvalue weighted by Gasteiger charge is -2.23. The maximum atomic E-state index is 12.7. The second-order valence-electron chi connectivity index (χ2n) is 7.19. The monoisotopic (exact) mass is 456 g/mol. The highest BCUT2D eigenvalue weighted by Gasteiger charge is 2.31. The van der Waals surface area contributed by atoms with Gasteiger partial charge in [0.15, 0.2) is 5.78 Å². The molecule has 0 aliphatic heterocycles. The standard InChI is InChI=1S/C22H27F3N2O3S/c1-3-5-10-30-27-17(6-4-2)21-18(28)12-15(13-19(21)29)9-11-31-20-8-7-16(14-26-20)22(23,24)25/h3,5,7-8,14-15,28H,4,6,9-13H2,1-2H3/b5-3+,27-17-. The van der Waals surface area contributed by atoms with Crippen LogP contribution in [0.4, 0.5) is 13.2 Å². The maximum Gasteiger partial charge on any atom is 0.417 e. The summed E-state index contributed by atoms with van der Waals surface area (Å²) in [6.07, 6.45) is 2.62. The Morgan fingerprint density at radius 3 is 2.74 bits per heavy atom. The molecule has 0 spiro atoms. The zero-order valence-electron chi connectivity index (χ0n) is 17.6. The van der Waals surface area contributed by atoms with Gasteiger partial charge in [-0.1, -0.05) is 24.6 Å². The van der Waals surface area contributed by atoms with Gasteiger partial charge in [0.2, 0.25) is 0 Å². The number of allylic oxidation sites excluding steroid dienone is 3. The first-order valence-corrected chi connectivity index (χ1v) is 11.2. The number of Topliss-reactive ketones (excluding diaryl/α,β-unsaturated/α-hetero) is 1. The molecule has 1 heterocycles. The van der Waals surface area contributed by atoms with Gasteiger partial charge in [-0.05, 0) is 49.6 Å². The van der Waals surface area contributed by atoms with Crippen LogP contribution in [0.5, 0.6) is 0 Å². The van der Waals surface area contributed by atoms with Crippen molar-refractivity contribution in [3.63, 3.8) is 0 Å². The van der Waals surface area contributed by atoms with E-state index in [9.17, 15) is 23.1 Å². The summed E-state index contributed by atoms with van der Waals surface area (Å²) in [5.74, 6) is 0.417. The quantitative estimate of drug-likeness (QED) is 0.151. The first-order valence-electron chi connectivity index (χ1n) is 10.2. The number of hydrogen-bond acceptors (Lipinski definition) is 6. The number of thioether (sulfide) groups is 1. The SMILES string of the molecule is C/C=C/CO/N=C(/CCC)C1=C(O)CC(CCSc2ccc(C(F)(F)F)cn2)CC1=O. The Kier molecular flexibility index (Phi) is 9.61. The Balaban J connectivity index is 1.95. The van der Waals surface area contributed by atoms with E-state index in [4.69, 9.17) is 4.84 Å². The van der Waals surface area contributed by atoms with Crippen molar-refractivity contribution in [1.82, 2.24) is 4.98 Å². The van der Waals surface area contributed by atoms with Crippen LogP contribution in [0.15, 0.2) is 52.0 Å². The highest BCUT2D eigenvalue weighted by Crippen LogP contribution is 2.32. The third kappa shape index (κ3) is 7.72. The molecule has 0 saturated carbocycles. The molecular formula is C22H27F3N2O3S. The van der Waals surface area contributed by atoms with Crippen LogP contribution in [-0.2, 0) is 15.8 Å². The second-order valence-corrected chi connectivity index (χ2v) is 8.31. The lowest BCUT2D eigenvalue weighted by Crippen LogP contribution is -2.25. The van der Waals surface area contributed by atoms with Crippen LogP contribution in [0, 0.1) is 5.92 Å². The summed E-state index contributed by atoms with van der Waals surface area (Å²) >= 11 is 1.33. The topological polar surface area (TPSA) is 71.8 Å². The number of pyridine rings is 1. The Bertz CT molecular complexity index is 833. The molecule has 1 aliphatic rings. The molecule has 1 aromatic heterocycles. The first kappa shape index (κ1) is 25.0. The number of carbonyl (C=O) groups is 1. The molecule has 0 amide bonds. The van der Waals surface area contributed by atoms with Crippen LogP contribution in [0.1, 0.15) is 51.5 Å². The number of rotatable bonds is 10. The van der Waals surface area contributed by atoms with E-state index in [1.165, 1.54) is 17.8 Å². The van der Waals surface area contributed by atoms with Crippen LogP contribution in [-0.4, -0.2) is 33.9 Å². The molecular weight excluding hydrogens is 429 g/mol. The summed E-state index contributed by atoms with van der Waals surface area (Å²) in [6.45, 7) is 4.12. The van der Waals surface area contributed by atoms with Crippen LogP contribution >= 0.6 is 11.8 Å². The largest absolute Gasteiger partial charge is 0.511 e. The van der Waals surface area contributed by atoms with Crippen molar-refractivity contribution in [3.05, 3.63) is 47.4 Å². The molecule has 2 rings (SSSR count). The number of aromatic nitrogens is 1. The molecule has 1 aliphatic carbocycles. The third-order valence-electron chi connectivity index (χ3n) is 4.72. The summed E-state index contributed by atoms with van der Waals surface area (Å²) in [5.41, 5.74) is -0.0523. The summed E-state index contributed by atoms with van der Waals surface area (Å²) in [4.78, 5) is 21.8. The van der Waals surface area contributed by atoms with Crippen LogP contribution < -0.4 is 0 Å². The van der Waals surface area contributed by atoms with E-state index in [1.807, 2.05) is 19.9 Å². The number of aliphatic hydroxyl groups excluding tert-OH is 1. The molecule has 0 radical (unpaired) electrons. The zero-order valence-corrected chi connectivity index (χ0v) is 18.4. The van der Waals surface area contributed by atoms with Crippen molar-refractivity contribution >= 4 is 23.3 Å². The third-order valence-corrected chi connectivity index (χ3v) is 5.70. The number of halogens is 3. The fraction of sp³-hybridized carbons (Fsp3) is 0.500. The van der Waals surface area contributed by atoms with Gasteiger partial charge in [-0.15, -0.1) is 11.8 Å². The Morgan fingerprint density at radius 1 is 1.39 bits per heavy atom. The Labute approximate surface area is 184 Å². The normalized spacial score (nSPS) is 18.2. The molecule has 5 nitrogen and oxygen atoms in total. The summed E-state index contributed by atoms with van der Waals surface area (Å²) < 4.78 is 37.8. The van der Waals surface area contributed by atoms with Crippen LogP contribution in [0.25, 0.3) is 0 Å². The predicted octanol–water partition coefficient (Wildman–Crippen LogP) is 6.12. The minimum Gasteiger partial charge on any atom is -0.511 e. The van der Waals surface area contributed by atoms with Crippen LogP contribution in [0.2, 0.25) is 0 Å². The van der Waals surface area contributed by atoms with Gasteiger partial charge < -0.3 is 9.94 Å². The number of ketones is 1. The molecule has 1 atom stereocenters. The Hall–Kier alpha value is -2.29. The molecule has 1 unspecified atom stereocenters. The van der Waals surface area contributed by atoms with Gasteiger partial charge in [-0.25, -0.2) is 4.98 Å². The molecule has 0 fully saturated rings. The minimum absolute atomic E-state index is 0.0285. The van der Waals surface area contributed by atoms with Gasteiger partial charge in [0.25, 0.3) is 0 Å². The summed E-state index contributed by atoms with van der Waals surface area (Å²) in [6, 6.07) is 2.35. The minimum atomic E-state index is -4.40. The lowest BCUT2D eigenvalue weighted by atomic mass is 9.83. The van der Waals surface area contributed by atoms with E-state index in [2.05, 4.69) is 10.1 Å². The van der Waals surface area contributed by atoms with Gasteiger partial charge in [-0.3, -0.25) is 4.79 Å². The van der Waals surface area contributed by atoms with Crippen molar-refractivity contribution in [2.75, 3.05) is 12.4 Å². The van der Waals surface area contributed by atoms with E-state index < -0.39 is 11.7 Å². The van der Waals surface area contributed by atoms with Gasteiger partial charge in [-0.2, -0.15) is 13.2 Å². The fourth-order valence-electron chi connectivity index (χ4n) is 3.18. The lowest BCUT2D eigenvalue weighted by molar-refractivity contribution is -0.137.